The number of nitrogens with two attached hydrogens (primary N) is 1. The molecule has 1 heterocycles. The highest BCUT2D eigenvalue weighted by Crippen LogP contribution is 2.44. The van der Waals surface area contributed by atoms with Gasteiger partial charge in [-0.15, -0.1) is 0 Å². The van der Waals surface area contributed by atoms with Gasteiger partial charge in [0.2, 0.25) is 5.67 Å². The van der Waals surface area contributed by atoms with Crippen molar-refractivity contribution in [3.05, 3.63) is 64.5 Å². The Bertz CT molecular complexity index is 823. The van der Waals surface area contributed by atoms with E-state index >= 15 is 0 Å². The fourth-order valence-electron chi connectivity index (χ4n) is 4.00. The van der Waals surface area contributed by atoms with E-state index in [1.165, 1.54) is 11.1 Å². The number of halogens is 1. The first-order valence-electron chi connectivity index (χ1n) is 8.26. The average molecular weight is 326 g/mol. The Morgan fingerprint density at radius 3 is 2.83 bits per heavy atom. The van der Waals surface area contributed by atoms with E-state index in [1.54, 1.807) is 12.1 Å². The molecule has 0 saturated carbocycles. The Balaban J connectivity index is 1.79. The van der Waals surface area contributed by atoms with Crippen molar-refractivity contribution < 1.29 is 14.3 Å². The molecule has 0 aliphatic heterocycles. The van der Waals surface area contributed by atoms with Gasteiger partial charge in [0.05, 0.1) is 11.8 Å². The lowest BCUT2D eigenvalue weighted by atomic mass is 9.80. The fourth-order valence-corrected chi connectivity index (χ4v) is 4.00. The number of fused-ring (bicyclic) bond motifs is 2. The van der Waals surface area contributed by atoms with E-state index in [9.17, 15) is 14.3 Å². The number of aromatic nitrogens is 1. The molecular formula is C19H19FN2O2. The van der Waals surface area contributed by atoms with Gasteiger partial charge in [0.1, 0.15) is 0 Å². The number of aliphatic hydroxyl groups excluding tert-OH is 1. The van der Waals surface area contributed by atoms with Crippen molar-refractivity contribution in [1.29, 1.82) is 0 Å². The molecular weight excluding hydrogens is 307 g/mol. The maximum atomic E-state index is 15.0. The highest BCUT2D eigenvalue weighted by Gasteiger charge is 2.46. The Kier molecular flexibility index (Phi) is 3.42. The molecule has 4 nitrogen and oxygen atoms in total. The van der Waals surface area contributed by atoms with Gasteiger partial charge in [0.15, 0.2) is 0 Å². The standard InChI is InChI=1S/C19H19FN2O2/c20-19(18(21)24)10-9-16(23)17-14(19)7-8-15(22-17)13-6-5-11-3-1-2-4-12(11)13/h1-4,7-8,13,16,23H,5-6,9-10H2,(H2,21,24)/t13-,16?,19?/m0/s1. The highest BCUT2D eigenvalue weighted by atomic mass is 19.1. The lowest BCUT2D eigenvalue weighted by Crippen LogP contribution is -2.41. The summed E-state index contributed by atoms with van der Waals surface area (Å²) in [5, 5.41) is 10.3. The highest BCUT2D eigenvalue weighted by molar-refractivity contribution is 5.85. The first-order chi connectivity index (χ1) is 11.5. The van der Waals surface area contributed by atoms with Crippen LogP contribution >= 0.6 is 0 Å². The summed E-state index contributed by atoms with van der Waals surface area (Å²) in [6.45, 7) is 0. The summed E-state index contributed by atoms with van der Waals surface area (Å²) >= 11 is 0. The van der Waals surface area contributed by atoms with Crippen LogP contribution in [0.25, 0.3) is 0 Å². The Hall–Kier alpha value is -2.27. The summed E-state index contributed by atoms with van der Waals surface area (Å²) < 4.78 is 15.0. The molecule has 1 aromatic carbocycles. The van der Waals surface area contributed by atoms with Gasteiger partial charge in [-0.05, 0) is 42.9 Å². The van der Waals surface area contributed by atoms with E-state index in [2.05, 4.69) is 17.1 Å². The Labute approximate surface area is 139 Å². The summed E-state index contributed by atoms with van der Waals surface area (Å²) in [6.07, 6.45) is 1.10. The fraction of sp³-hybridized carbons (Fsp3) is 0.368. The van der Waals surface area contributed by atoms with Crippen molar-refractivity contribution in [3.8, 4) is 0 Å². The lowest BCUT2D eigenvalue weighted by molar-refractivity contribution is -0.131. The molecule has 3 atom stereocenters. The molecule has 0 saturated heterocycles. The number of amides is 1. The van der Waals surface area contributed by atoms with Gasteiger partial charge in [-0.3, -0.25) is 9.78 Å². The average Bonchev–Trinajstić information content (AvgIpc) is 3.02. The number of hydrogen-bond donors (Lipinski definition) is 2. The number of aryl methyl sites for hydroxylation is 1. The molecule has 2 aliphatic rings. The molecule has 5 heteroatoms. The smallest absolute Gasteiger partial charge is 0.259 e. The number of benzene rings is 1. The minimum absolute atomic E-state index is 0.107. The predicted octanol–water partition coefficient (Wildman–Crippen LogP) is 2.64. The molecule has 2 unspecified atom stereocenters. The van der Waals surface area contributed by atoms with Crippen LogP contribution in [0.5, 0.6) is 0 Å². The van der Waals surface area contributed by atoms with E-state index < -0.39 is 17.7 Å². The van der Waals surface area contributed by atoms with E-state index in [-0.39, 0.29) is 30.0 Å². The molecule has 1 amide bonds. The summed E-state index contributed by atoms with van der Waals surface area (Å²) in [4.78, 5) is 16.1. The number of carbonyl (C=O) groups is 1. The number of aliphatic hydroxyl groups is 1. The van der Waals surface area contributed by atoms with Gasteiger partial charge in [0, 0.05) is 17.2 Å². The molecule has 0 bridgehead atoms. The number of nitrogens with zero attached hydrogens (tertiary/aromatic N) is 1. The molecule has 0 radical (unpaired) electrons. The molecule has 124 valence electrons. The number of pyridine rings is 1. The van der Waals surface area contributed by atoms with Crippen LogP contribution < -0.4 is 5.73 Å². The zero-order chi connectivity index (χ0) is 16.9. The van der Waals surface area contributed by atoms with Crippen molar-refractivity contribution in [2.45, 2.75) is 43.4 Å². The molecule has 3 N–H and O–H groups in total. The maximum absolute atomic E-state index is 15.0. The summed E-state index contributed by atoms with van der Waals surface area (Å²) in [5.41, 5.74) is 6.74. The molecule has 2 aliphatic carbocycles. The second-order valence-electron chi connectivity index (χ2n) is 6.68. The topological polar surface area (TPSA) is 76.2 Å². The van der Waals surface area contributed by atoms with Gasteiger partial charge < -0.3 is 10.8 Å². The maximum Gasteiger partial charge on any atom is 0.259 e. The molecule has 0 spiro atoms. The predicted molar refractivity (Wildman–Crippen MR) is 87.0 cm³/mol. The number of hydrogen-bond acceptors (Lipinski definition) is 3. The van der Waals surface area contributed by atoms with Crippen molar-refractivity contribution in [1.82, 2.24) is 4.98 Å². The largest absolute Gasteiger partial charge is 0.387 e. The van der Waals surface area contributed by atoms with Gasteiger partial charge in [-0.25, -0.2) is 4.39 Å². The zero-order valence-electron chi connectivity index (χ0n) is 13.2. The summed E-state index contributed by atoms with van der Waals surface area (Å²) in [6, 6.07) is 11.6. The normalized spacial score (nSPS) is 28.2. The molecule has 1 aromatic heterocycles. The zero-order valence-corrected chi connectivity index (χ0v) is 13.2. The number of rotatable bonds is 2. The number of primary amides is 1. The van der Waals surface area contributed by atoms with Gasteiger partial charge in [-0.2, -0.15) is 0 Å². The summed E-state index contributed by atoms with van der Waals surface area (Å²) in [5.74, 6) is -0.875. The second kappa shape index (κ2) is 5.38. The van der Waals surface area contributed by atoms with Crippen molar-refractivity contribution in [2.75, 3.05) is 0 Å². The number of carbonyl (C=O) groups excluding carboxylic acids is 1. The third-order valence-electron chi connectivity index (χ3n) is 5.33. The van der Waals surface area contributed by atoms with E-state index in [1.807, 2.05) is 12.1 Å². The van der Waals surface area contributed by atoms with Crippen LogP contribution in [0.15, 0.2) is 36.4 Å². The van der Waals surface area contributed by atoms with Gasteiger partial charge in [-0.1, -0.05) is 30.3 Å². The van der Waals surface area contributed by atoms with Crippen LogP contribution in [0.4, 0.5) is 4.39 Å². The quantitative estimate of drug-likeness (QED) is 0.891. The van der Waals surface area contributed by atoms with Crippen LogP contribution in [0, 0.1) is 0 Å². The van der Waals surface area contributed by atoms with Crippen LogP contribution in [0.2, 0.25) is 0 Å². The molecule has 2 aromatic rings. The second-order valence-corrected chi connectivity index (χ2v) is 6.68. The summed E-state index contributed by atoms with van der Waals surface area (Å²) in [7, 11) is 0. The van der Waals surface area contributed by atoms with Gasteiger partial charge in [0.25, 0.3) is 5.91 Å². The first kappa shape index (κ1) is 15.3. The third kappa shape index (κ3) is 2.15. The molecule has 0 fully saturated rings. The number of alkyl halides is 1. The van der Waals surface area contributed by atoms with E-state index in [0.29, 0.717) is 0 Å². The van der Waals surface area contributed by atoms with Crippen molar-refractivity contribution in [3.63, 3.8) is 0 Å². The van der Waals surface area contributed by atoms with E-state index in [4.69, 9.17) is 5.73 Å². The Morgan fingerprint density at radius 1 is 1.25 bits per heavy atom. The third-order valence-corrected chi connectivity index (χ3v) is 5.33. The monoisotopic (exact) mass is 326 g/mol. The van der Waals surface area contributed by atoms with Gasteiger partial charge >= 0.3 is 0 Å². The SMILES string of the molecule is NC(=O)C1(F)CCC(O)c2nc([C@H]3CCc4ccccc43)ccc21. The van der Waals surface area contributed by atoms with E-state index in [0.717, 1.165) is 18.5 Å². The minimum Gasteiger partial charge on any atom is -0.387 e. The van der Waals surface area contributed by atoms with Crippen LogP contribution in [0.3, 0.4) is 0 Å². The lowest BCUT2D eigenvalue weighted by Gasteiger charge is -2.32. The Morgan fingerprint density at radius 2 is 2.04 bits per heavy atom. The first-order valence-corrected chi connectivity index (χ1v) is 8.26. The molecule has 24 heavy (non-hydrogen) atoms. The van der Waals surface area contributed by atoms with Crippen LogP contribution in [0.1, 0.15) is 59.4 Å². The van der Waals surface area contributed by atoms with Crippen molar-refractivity contribution >= 4 is 5.91 Å². The van der Waals surface area contributed by atoms with Crippen molar-refractivity contribution in [2.24, 2.45) is 5.73 Å². The van der Waals surface area contributed by atoms with Crippen LogP contribution in [-0.2, 0) is 16.9 Å². The molecule has 4 rings (SSSR count). The minimum atomic E-state index is -2.24. The van der Waals surface area contributed by atoms with Crippen LogP contribution in [-0.4, -0.2) is 16.0 Å².